The predicted octanol–water partition coefficient (Wildman–Crippen LogP) is 3.85. The molecule has 0 fully saturated rings. The molecule has 0 unspecified atom stereocenters. The van der Waals surface area contributed by atoms with Gasteiger partial charge in [-0.15, -0.1) is 22.9 Å². The van der Waals surface area contributed by atoms with Gasteiger partial charge >= 0.3 is 0 Å². The summed E-state index contributed by atoms with van der Waals surface area (Å²) in [6.07, 6.45) is 3.79. The molecule has 0 aliphatic carbocycles. The van der Waals surface area contributed by atoms with Crippen LogP contribution in [0.15, 0.2) is 36.0 Å². The van der Waals surface area contributed by atoms with Crippen molar-refractivity contribution in [2.75, 3.05) is 0 Å². The molecule has 0 bridgehead atoms. The van der Waals surface area contributed by atoms with Crippen LogP contribution >= 0.6 is 22.9 Å². The summed E-state index contributed by atoms with van der Waals surface area (Å²) in [6, 6.07) is 4.72. The molecule has 3 nitrogen and oxygen atoms in total. The van der Waals surface area contributed by atoms with E-state index >= 15 is 0 Å². The highest BCUT2D eigenvalue weighted by Crippen LogP contribution is 2.21. The first-order valence-electron chi connectivity index (χ1n) is 5.64. The van der Waals surface area contributed by atoms with E-state index in [2.05, 4.69) is 4.98 Å². The van der Waals surface area contributed by atoms with E-state index in [9.17, 15) is 4.39 Å². The normalized spacial score (nSPS) is 11.1. The van der Waals surface area contributed by atoms with E-state index in [0.717, 1.165) is 16.2 Å². The third-order valence-electron chi connectivity index (χ3n) is 2.67. The maximum atomic E-state index is 13.7. The van der Waals surface area contributed by atoms with Crippen molar-refractivity contribution >= 4 is 27.9 Å². The summed E-state index contributed by atoms with van der Waals surface area (Å²) in [6.45, 7) is 0.242. The number of imidazole rings is 1. The summed E-state index contributed by atoms with van der Waals surface area (Å²) in [5, 5.41) is 1.96. The Morgan fingerprint density at radius 1 is 1.42 bits per heavy atom. The molecule has 2 heterocycles. The molecule has 0 saturated carbocycles. The van der Waals surface area contributed by atoms with Gasteiger partial charge in [0, 0.05) is 23.7 Å². The summed E-state index contributed by atoms with van der Waals surface area (Å²) in [5.41, 5.74) is 1.50. The van der Waals surface area contributed by atoms with Crippen molar-refractivity contribution in [3.05, 3.63) is 53.0 Å². The molecule has 19 heavy (non-hydrogen) atoms. The molecule has 3 aromatic rings. The van der Waals surface area contributed by atoms with Gasteiger partial charge in [-0.25, -0.2) is 9.37 Å². The van der Waals surface area contributed by atoms with Crippen LogP contribution in [0.25, 0.3) is 4.96 Å². The molecule has 0 aliphatic heterocycles. The first-order valence-corrected chi connectivity index (χ1v) is 7.06. The summed E-state index contributed by atoms with van der Waals surface area (Å²) < 4.78 is 21.0. The van der Waals surface area contributed by atoms with Crippen molar-refractivity contribution < 1.29 is 9.13 Å². The average molecular weight is 297 g/mol. The number of thiazole rings is 1. The lowest BCUT2D eigenvalue weighted by molar-refractivity contribution is 0.286. The Balaban J connectivity index is 1.73. The standard InChI is InChI=1S/C13H10ClFN2OS/c14-6-9-1-2-12(11(15)5-9)18-8-10-7-17-3-4-19-13(17)16-10/h1-5,7H,6,8H2. The fourth-order valence-corrected chi connectivity index (χ4v) is 2.63. The molecule has 0 spiro atoms. The minimum absolute atomic E-state index is 0.213. The SMILES string of the molecule is Fc1cc(CCl)ccc1OCc1cn2ccsc2n1. The van der Waals surface area contributed by atoms with Crippen molar-refractivity contribution in [1.29, 1.82) is 0 Å². The van der Waals surface area contributed by atoms with Crippen LogP contribution in [0, 0.1) is 5.82 Å². The van der Waals surface area contributed by atoms with Gasteiger partial charge in [-0.1, -0.05) is 6.07 Å². The average Bonchev–Trinajstić information content (AvgIpc) is 2.98. The Morgan fingerprint density at radius 2 is 2.32 bits per heavy atom. The highest BCUT2D eigenvalue weighted by molar-refractivity contribution is 7.15. The third-order valence-corrected chi connectivity index (χ3v) is 3.75. The van der Waals surface area contributed by atoms with E-state index < -0.39 is 5.82 Å². The van der Waals surface area contributed by atoms with Crippen LogP contribution in [0.3, 0.4) is 0 Å². The van der Waals surface area contributed by atoms with Crippen molar-refractivity contribution in [3.63, 3.8) is 0 Å². The minimum Gasteiger partial charge on any atom is -0.484 e. The van der Waals surface area contributed by atoms with Crippen molar-refractivity contribution in [1.82, 2.24) is 9.38 Å². The summed E-state index contributed by atoms with van der Waals surface area (Å²) in [5.74, 6) is 0.0959. The fourth-order valence-electron chi connectivity index (χ4n) is 1.74. The van der Waals surface area contributed by atoms with Crippen molar-refractivity contribution in [2.24, 2.45) is 0 Å². The molecule has 0 saturated heterocycles. The van der Waals surface area contributed by atoms with Gasteiger partial charge < -0.3 is 4.74 Å². The lowest BCUT2D eigenvalue weighted by atomic mass is 10.2. The van der Waals surface area contributed by atoms with E-state index in [1.807, 2.05) is 22.2 Å². The molecule has 98 valence electrons. The molecule has 0 amide bonds. The number of fused-ring (bicyclic) bond motifs is 1. The summed E-state index contributed by atoms with van der Waals surface area (Å²) in [7, 11) is 0. The number of aromatic nitrogens is 2. The van der Waals surface area contributed by atoms with Crippen LogP contribution in [-0.4, -0.2) is 9.38 Å². The minimum atomic E-state index is -0.404. The zero-order valence-corrected chi connectivity index (χ0v) is 11.4. The van der Waals surface area contributed by atoms with Gasteiger partial charge in [0.05, 0.1) is 5.69 Å². The van der Waals surface area contributed by atoms with Crippen LogP contribution in [0.1, 0.15) is 11.3 Å². The van der Waals surface area contributed by atoms with E-state index in [4.69, 9.17) is 16.3 Å². The maximum Gasteiger partial charge on any atom is 0.193 e. The molecule has 6 heteroatoms. The molecule has 1 aromatic carbocycles. The van der Waals surface area contributed by atoms with Crippen LogP contribution in [0.4, 0.5) is 4.39 Å². The van der Waals surface area contributed by atoms with E-state index in [1.165, 1.54) is 6.07 Å². The Bertz CT molecular complexity index is 681. The second kappa shape index (κ2) is 5.19. The largest absolute Gasteiger partial charge is 0.484 e. The molecular formula is C13H10ClFN2OS. The molecule has 0 atom stereocenters. The molecular weight excluding hydrogens is 287 g/mol. The number of hydrogen-bond acceptors (Lipinski definition) is 3. The summed E-state index contributed by atoms with van der Waals surface area (Å²) in [4.78, 5) is 5.26. The first-order chi connectivity index (χ1) is 9.26. The van der Waals surface area contributed by atoms with E-state index in [-0.39, 0.29) is 18.2 Å². The predicted molar refractivity (Wildman–Crippen MR) is 73.4 cm³/mol. The van der Waals surface area contributed by atoms with Gasteiger partial charge in [0.15, 0.2) is 16.5 Å². The van der Waals surface area contributed by atoms with Gasteiger partial charge in [0.2, 0.25) is 0 Å². The van der Waals surface area contributed by atoms with Crippen LogP contribution in [0.2, 0.25) is 0 Å². The van der Waals surface area contributed by atoms with Crippen LogP contribution in [0.5, 0.6) is 5.75 Å². The van der Waals surface area contributed by atoms with Crippen LogP contribution < -0.4 is 4.74 Å². The number of nitrogens with zero attached hydrogens (tertiary/aromatic N) is 2. The fraction of sp³-hybridized carbons (Fsp3) is 0.154. The molecule has 0 radical (unpaired) electrons. The lowest BCUT2D eigenvalue weighted by Gasteiger charge is -2.06. The molecule has 2 aromatic heterocycles. The maximum absolute atomic E-state index is 13.7. The Kier molecular flexibility index (Phi) is 3.40. The Labute approximate surface area is 118 Å². The zero-order valence-electron chi connectivity index (χ0n) is 9.85. The molecule has 3 rings (SSSR count). The van der Waals surface area contributed by atoms with E-state index in [0.29, 0.717) is 0 Å². The van der Waals surface area contributed by atoms with Gasteiger partial charge in [-0.05, 0) is 17.7 Å². The van der Waals surface area contributed by atoms with Crippen molar-refractivity contribution in [2.45, 2.75) is 12.5 Å². The van der Waals surface area contributed by atoms with Gasteiger partial charge in [-0.3, -0.25) is 4.40 Å². The number of ether oxygens (including phenoxy) is 1. The smallest absolute Gasteiger partial charge is 0.193 e. The zero-order chi connectivity index (χ0) is 13.2. The lowest BCUT2D eigenvalue weighted by Crippen LogP contribution is -1.98. The third kappa shape index (κ3) is 2.57. The number of rotatable bonds is 4. The topological polar surface area (TPSA) is 26.5 Å². The number of halogens is 2. The quantitative estimate of drug-likeness (QED) is 0.684. The van der Waals surface area contributed by atoms with Crippen LogP contribution in [-0.2, 0) is 12.5 Å². The van der Waals surface area contributed by atoms with Gasteiger partial charge in [0.25, 0.3) is 0 Å². The number of hydrogen-bond donors (Lipinski definition) is 0. The van der Waals surface area contributed by atoms with Gasteiger partial charge in [0.1, 0.15) is 6.61 Å². The number of benzene rings is 1. The first kappa shape index (κ1) is 12.4. The van der Waals surface area contributed by atoms with Crippen molar-refractivity contribution in [3.8, 4) is 5.75 Å². The molecule has 0 aliphatic rings. The highest BCUT2D eigenvalue weighted by atomic mass is 35.5. The number of alkyl halides is 1. The second-order valence-electron chi connectivity index (χ2n) is 4.01. The van der Waals surface area contributed by atoms with E-state index in [1.54, 1.807) is 23.5 Å². The highest BCUT2D eigenvalue weighted by Gasteiger charge is 2.07. The Morgan fingerprint density at radius 3 is 3.05 bits per heavy atom. The monoisotopic (exact) mass is 296 g/mol. The molecule has 0 N–H and O–H groups in total. The Hall–Kier alpha value is -1.59. The summed E-state index contributed by atoms with van der Waals surface area (Å²) >= 11 is 7.18. The van der Waals surface area contributed by atoms with Gasteiger partial charge in [-0.2, -0.15) is 0 Å². The second-order valence-corrected chi connectivity index (χ2v) is 5.15.